The lowest BCUT2D eigenvalue weighted by Crippen LogP contribution is -2.41. The highest BCUT2D eigenvalue weighted by atomic mass is 35.5. The molecule has 2 rings (SSSR count). The summed E-state index contributed by atoms with van der Waals surface area (Å²) in [5, 5.41) is 0. The first kappa shape index (κ1) is 13.9. The van der Waals surface area contributed by atoms with E-state index in [-0.39, 0.29) is 16.8 Å². The maximum Gasteiger partial charge on any atom is 0.246 e. The maximum atomic E-state index is 12.6. The number of hydrogen-bond acceptors (Lipinski definition) is 3. The van der Waals surface area contributed by atoms with E-state index in [9.17, 15) is 8.42 Å². The molecular weight excluding hydrogens is 274 g/mol. The van der Waals surface area contributed by atoms with Crippen LogP contribution in [0.3, 0.4) is 0 Å². The van der Waals surface area contributed by atoms with Crippen LogP contribution in [-0.2, 0) is 15.9 Å². The molecule has 0 amide bonds. The van der Waals surface area contributed by atoms with Crippen molar-refractivity contribution in [3.05, 3.63) is 17.1 Å². The van der Waals surface area contributed by atoms with Crippen LogP contribution in [0.5, 0.6) is 0 Å². The van der Waals surface area contributed by atoms with Gasteiger partial charge in [-0.25, -0.2) is 8.42 Å². The predicted molar refractivity (Wildman–Crippen MR) is 70.3 cm³/mol. The highest BCUT2D eigenvalue weighted by molar-refractivity contribution is 7.89. The lowest BCUT2D eigenvalue weighted by atomic mass is 9.94. The Bertz CT molecular complexity index is 546. The number of sulfonamides is 1. The van der Waals surface area contributed by atoms with E-state index < -0.39 is 10.0 Å². The molecule has 0 unspecified atom stereocenters. The maximum absolute atomic E-state index is 12.6. The Morgan fingerprint density at radius 2 is 1.94 bits per heavy atom. The number of hydrogen-bond donors (Lipinski definition) is 0. The highest BCUT2D eigenvalue weighted by Crippen LogP contribution is 2.34. The first-order chi connectivity index (χ1) is 8.39. The monoisotopic (exact) mass is 291 g/mol. The van der Waals surface area contributed by atoms with Crippen LogP contribution in [0.4, 0.5) is 0 Å². The van der Waals surface area contributed by atoms with Crippen molar-refractivity contribution >= 4 is 21.6 Å². The van der Waals surface area contributed by atoms with Gasteiger partial charge in [-0.05, 0) is 26.7 Å². The van der Waals surface area contributed by atoms with Gasteiger partial charge in [0.15, 0.2) is 0 Å². The SMILES string of the molecule is Cc1oc(C)c(S(=O)(=O)N(C)C2CCC2)c1CCl. The van der Waals surface area contributed by atoms with Crippen molar-refractivity contribution < 1.29 is 12.8 Å². The van der Waals surface area contributed by atoms with Gasteiger partial charge in [0, 0.05) is 18.7 Å². The number of rotatable bonds is 4. The quantitative estimate of drug-likeness (QED) is 0.802. The van der Waals surface area contributed by atoms with Gasteiger partial charge in [0.05, 0.1) is 5.88 Å². The molecule has 0 aromatic carbocycles. The molecule has 0 saturated heterocycles. The normalized spacial score (nSPS) is 17.2. The largest absolute Gasteiger partial charge is 0.465 e. The molecule has 1 fully saturated rings. The average molecular weight is 292 g/mol. The summed E-state index contributed by atoms with van der Waals surface area (Å²) in [6.07, 6.45) is 2.96. The van der Waals surface area contributed by atoms with Crippen LogP contribution in [-0.4, -0.2) is 25.8 Å². The Kier molecular flexibility index (Phi) is 3.76. The van der Waals surface area contributed by atoms with Crippen LogP contribution >= 0.6 is 11.6 Å². The molecular formula is C12H18ClNO3S. The fraction of sp³-hybridized carbons (Fsp3) is 0.667. The predicted octanol–water partition coefficient (Wildman–Crippen LogP) is 2.81. The summed E-state index contributed by atoms with van der Waals surface area (Å²) in [7, 11) is -1.86. The Morgan fingerprint density at radius 3 is 2.39 bits per heavy atom. The third-order valence-electron chi connectivity index (χ3n) is 3.68. The molecule has 0 atom stereocenters. The third kappa shape index (κ3) is 2.08. The van der Waals surface area contributed by atoms with E-state index in [2.05, 4.69) is 0 Å². The zero-order valence-electron chi connectivity index (χ0n) is 10.9. The summed E-state index contributed by atoms with van der Waals surface area (Å²) in [6, 6.07) is 0.118. The van der Waals surface area contributed by atoms with Gasteiger partial charge in [-0.2, -0.15) is 4.31 Å². The van der Waals surface area contributed by atoms with Crippen molar-refractivity contribution in [3.63, 3.8) is 0 Å². The molecule has 18 heavy (non-hydrogen) atoms. The van der Waals surface area contributed by atoms with Gasteiger partial charge in [0.25, 0.3) is 0 Å². The van der Waals surface area contributed by atoms with Crippen molar-refractivity contribution in [2.24, 2.45) is 0 Å². The minimum atomic E-state index is -3.50. The molecule has 0 radical (unpaired) electrons. The molecule has 102 valence electrons. The number of nitrogens with zero attached hydrogens (tertiary/aromatic N) is 1. The smallest absolute Gasteiger partial charge is 0.246 e. The van der Waals surface area contributed by atoms with E-state index in [1.54, 1.807) is 20.9 Å². The molecule has 6 heteroatoms. The van der Waals surface area contributed by atoms with Crippen LogP contribution in [0.1, 0.15) is 36.3 Å². The van der Waals surface area contributed by atoms with Gasteiger partial charge in [-0.3, -0.25) is 0 Å². The summed E-state index contributed by atoms with van der Waals surface area (Å²) in [5.74, 6) is 1.16. The zero-order valence-corrected chi connectivity index (χ0v) is 12.4. The van der Waals surface area contributed by atoms with Crippen LogP contribution in [0.2, 0.25) is 0 Å². The number of furan rings is 1. The summed E-state index contributed by atoms with van der Waals surface area (Å²) in [4.78, 5) is 0.254. The second-order valence-electron chi connectivity index (χ2n) is 4.76. The van der Waals surface area contributed by atoms with Crippen LogP contribution in [0, 0.1) is 13.8 Å². The first-order valence-corrected chi connectivity index (χ1v) is 8.00. The summed E-state index contributed by atoms with van der Waals surface area (Å²) in [6.45, 7) is 3.41. The molecule has 0 spiro atoms. The van der Waals surface area contributed by atoms with Crippen LogP contribution in [0.15, 0.2) is 9.31 Å². The molecule has 0 N–H and O–H groups in total. The molecule has 0 aliphatic heterocycles. The van der Waals surface area contributed by atoms with E-state index in [0.29, 0.717) is 17.1 Å². The Morgan fingerprint density at radius 1 is 1.33 bits per heavy atom. The van der Waals surface area contributed by atoms with Crippen molar-refractivity contribution in [3.8, 4) is 0 Å². The van der Waals surface area contributed by atoms with Crippen molar-refractivity contribution in [1.82, 2.24) is 4.31 Å². The lowest BCUT2D eigenvalue weighted by Gasteiger charge is -2.33. The lowest BCUT2D eigenvalue weighted by molar-refractivity contribution is 0.249. The minimum absolute atomic E-state index is 0.118. The molecule has 1 aliphatic rings. The van der Waals surface area contributed by atoms with Gasteiger partial charge in [-0.1, -0.05) is 6.42 Å². The first-order valence-electron chi connectivity index (χ1n) is 6.02. The number of halogens is 1. The van der Waals surface area contributed by atoms with E-state index in [1.807, 2.05) is 0 Å². The third-order valence-corrected chi connectivity index (χ3v) is 6.06. The second-order valence-corrected chi connectivity index (χ2v) is 6.96. The summed E-state index contributed by atoms with van der Waals surface area (Å²) in [5.41, 5.74) is 0.584. The standard InChI is InChI=1S/C12H18ClNO3S/c1-8-11(7-13)12(9(2)17-8)18(15,16)14(3)10-5-4-6-10/h10H,4-7H2,1-3H3. The van der Waals surface area contributed by atoms with E-state index in [0.717, 1.165) is 19.3 Å². The molecule has 4 nitrogen and oxygen atoms in total. The average Bonchev–Trinajstić information content (AvgIpc) is 2.50. The van der Waals surface area contributed by atoms with Crippen molar-refractivity contribution in [2.75, 3.05) is 7.05 Å². The van der Waals surface area contributed by atoms with Gasteiger partial charge in [0.2, 0.25) is 10.0 Å². The molecule has 1 saturated carbocycles. The van der Waals surface area contributed by atoms with E-state index in [1.165, 1.54) is 4.31 Å². The van der Waals surface area contributed by atoms with E-state index >= 15 is 0 Å². The van der Waals surface area contributed by atoms with Gasteiger partial charge < -0.3 is 4.42 Å². The Balaban J connectivity index is 2.46. The van der Waals surface area contributed by atoms with Gasteiger partial charge in [0.1, 0.15) is 16.4 Å². The van der Waals surface area contributed by atoms with Crippen LogP contribution in [0.25, 0.3) is 0 Å². The van der Waals surface area contributed by atoms with E-state index in [4.69, 9.17) is 16.0 Å². The Labute approximate surface area is 113 Å². The number of alkyl halides is 1. The second kappa shape index (κ2) is 4.87. The Hall–Kier alpha value is -0.520. The number of aryl methyl sites for hydroxylation is 2. The highest BCUT2D eigenvalue weighted by Gasteiger charge is 2.36. The molecule has 0 bridgehead atoms. The fourth-order valence-corrected chi connectivity index (χ4v) is 4.52. The van der Waals surface area contributed by atoms with Gasteiger partial charge in [-0.15, -0.1) is 11.6 Å². The van der Waals surface area contributed by atoms with Crippen molar-refractivity contribution in [1.29, 1.82) is 0 Å². The zero-order chi connectivity index (χ0) is 13.5. The summed E-state index contributed by atoms with van der Waals surface area (Å²) < 4.78 is 32.1. The summed E-state index contributed by atoms with van der Waals surface area (Å²) >= 11 is 5.85. The fourth-order valence-electron chi connectivity index (χ4n) is 2.29. The van der Waals surface area contributed by atoms with Crippen LogP contribution < -0.4 is 0 Å². The molecule has 1 aromatic rings. The minimum Gasteiger partial charge on any atom is -0.465 e. The van der Waals surface area contributed by atoms with Gasteiger partial charge >= 0.3 is 0 Å². The topological polar surface area (TPSA) is 50.5 Å². The molecule has 1 heterocycles. The molecule has 1 aliphatic carbocycles. The van der Waals surface area contributed by atoms with Crippen molar-refractivity contribution in [2.45, 2.75) is 49.9 Å². The molecule has 1 aromatic heterocycles.